The number of nitrogens with zero attached hydrogens (tertiary/aromatic N) is 1. The van der Waals surface area contributed by atoms with E-state index in [1.54, 1.807) is 12.5 Å². The predicted octanol–water partition coefficient (Wildman–Crippen LogP) is 2.41. The summed E-state index contributed by atoms with van der Waals surface area (Å²) in [5.74, 6) is 0.946. The van der Waals surface area contributed by atoms with Gasteiger partial charge in [0, 0.05) is 12.2 Å². The number of rotatable bonds is 4. The molecule has 0 fully saturated rings. The summed E-state index contributed by atoms with van der Waals surface area (Å²) in [5.41, 5.74) is 1.08. The molecular formula is C11H15N3O. The second kappa shape index (κ2) is 4.31. The van der Waals surface area contributed by atoms with Gasteiger partial charge in [0.1, 0.15) is 5.76 Å². The van der Waals surface area contributed by atoms with Crippen LogP contribution in [0.2, 0.25) is 0 Å². The molecular weight excluding hydrogens is 190 g/mol. The lowest BCUT2D eigenvalue weighted by Gasteiger charge is -2.16. The molecule has 0 aliphatic heterocycles. The molecule has 15 heavy (non-hydrogen) atoms. The molecule has 1 unspecified atom stereocenters. The Hall–Kier alpha value is -1.55. The van der Waals surface area contributed by atoms with Crippen LogP contribution in [0.1, 0.15) is 37.4 Å². The van der Waals surface area contributed by atoms with Gasteiger partial charge in [-0.1, -0.05) is 0 Å². The minimum atomic E-state index is 0.193. The van der Waals surface area contributed by atoms with E-state index in [-0.39, 0.29) is 12.1 Å². The Morgan fingerprint density at radius 3 is 2.80 bits per heavy atom. The lowest BCUT2D eigenvalue weighted by molar-refractivity contribution is 0.399. The van der Waals surface area contributed by atoms with Gasteiger partial charge in [0.2, 0.25) is 0 Å². The van der Waals surface area contributed by atoms with Crippen molar-refractivity contribution in [3.63, 3.8) is 0 Å². The van der Waals surface area contributed by atoms with E-state index in [1.807, 2.05) is 18.2 Å². The molecule has 0 saturated heterocycles. The first-order chi connectivity index (χ1) is 7.27. The summed E-state index contributed by atoms with van der Waals surface area (Å²) in [7, 11) is 0. The Morgan fingerprint density at radius 1 is 1.33 bits per heavy atom. The number of aromatic amines is 1. The molecule has 2 aromatic heterocycles. The third-order valence-electron chi connectivity index (χ3n) is 2.46. The van der Waals surface area contributed by atoms with Crippen molar-refractivity contribution in [1.82, 2.24) is 15.5 Å². The Labute approximate surface area is 88.7 Å². The van der Waals surface area contributed by atoms with Crippen LogP contribution in [0.3, 0.4) is 0 Å². The summed E-state index contributed by atoms with van der Waals surface area (Å²) in [6.07, 6.45) is 3.44. The fraction of sp³-hybridized carbons (Fsp3) is 0.364. The fourth-order valence-electron chi connectivity index (χ4n) is 1.59. The number of hydrogen-bond acceptors (Lipinski definition) is 3. The van der Waals surface area contributed by atoms with Crippen LogP contribution in [-0.2, 0) is 0 Å². The van der Waals surface area contributed by atoms with Crippen LogP contribution >= 0.6 is 0 Å². The minimum absolute atomic E-state index is 0.193. The first-order valence-electron chi connectivity index (χ1n) is 5.06. The maximum Gasteiger partial charge on any atom is 0.120 e. The second-order valence-electron chi connectivity index (χ2n) is 3.64. The molecule has 0 bridgehead atoms. The maximum absolute atomic E-state index is 5.33. The van der Waals surface area contributed by atoms with Crippen molar-refractivity contribution in [2.45, 2.75) is 25.9 Å². The third-order valence-corrected chi connectivity index (χ3v) is 2.46. The maximum atomic E-state index is 5.33. The van der Waals surface area contributed by atoms with E-state index in [2.05, 4.69) is 29.4 Å². The van der Waals surface area contributed by atoms with Gasteiger partial charge in [-0.2, -0.15) is 5.10 Å². The Balaban J connectivity index is 1.98. The average Bonchev–Trinajstić information content (AvgIpc) is 2.91. The summed E-state index contributed by atoms with van der Waals surface area (Å²) in [6, 6.07) is 6.25. The van der Waals surface area contributed by atoms with Crippen molar-refractivity contribution < 1.29 is 4.42 Å². The van der Waals surface area contributed by atoms with E-state index in [1.165, 1.54) is 0 Å². The summed E-state index contributed by atoms with van der Waals surface area (Å²) >= 11 is 0. The van der Waals surface area contributed by atoms with Crippen LogP contribution < -0.4 is 5.32 Å². The molecule has 2 atom stereocenters. The molecule has 4 nitrogen and oxygen atoms in total. The lowest BCUT2D eigenvalue weighted by Crippen LogP contribution is -2.22. The molecule has 0 aliphatic rings. The van der Waals surface area contributed by atoms with E-state index in [9.17, 15) is 0 Å². The third kappa shape index (κ3) is 2.27. The Morgan fingerprint density at radius 2 is 2.20 bits per heavy atom. The number of furan rings is 1. The van der Waals surface area contributed by atoms with Gasteiger partial charge in [-0.25, -0.2) is 0 Å². The van der Waals surface area contributed by atoms with Crippen molar-refractivity contribution in [3.05, 3.63) is 42.1 Å². The summed E-state index contributed by atoms with van der Waals surface area (Å²) in [6.45, 7) is 4.17. The molecule has 80 valence electrons. The summed E-state index contributed by atoms with van der Waals surface area (Å²) in [5, 5.41) is 10.3. The highest BCUT2D eigenvalue weighted by atomic mass is 16.3. The molecule has 2 heterocycles. The quantitative estimate of drug-likeness (QED) is 0.805. The molecule has 2 rings (SSSR count). The topological polar surface area (TPSA) is 53.9 Å². The van der Waals surface area contributed by atoms with Crippen LogP contribution in [0.25, 0.3) is 0 Å². The molecule has 4 heteroatoms. The van der Waals surface area contributed by atoms with Gasteiger partial charge in [-0.3, -0.25) is 10.4 Å². The van der Waals surface area contributed by atoms with Gasteiger partial charge in [0.05, 0.1) is 18.0 Å². The van der Waals surface area contributed by atoms with Crippen LogP contribution in [0.5, 0.6) is 0 Å². The van der Waals surface area contributed by atoms with Gasteiger partial charge in [0.15, 0.2) is 0 Å². The summed E-state index contributed by atoms with van der Waals surface area (Å²) in [4.78, 5) is 0. The SMILES string of the molecule is CC(N[C@H](C)c1ccco1)c1ccn[nH]1. The van der Waals surface area contributed by atoms with Gasteiger partial charge in [-0.15, -0.1) is 0 Å². The van der Waals surface area contributed by atoms with E-state index in [0.717, 1.165) is 11.5 Å². The van der Waals surface area contributed by atoms with E-state index in [4.69, 9.17) is 4.42 Å². The van der Waals surface area contributed by atoms with Gasteiger partial charge >= 0.3 is 0 Å². The Bertz CT molecular complexity index is 342. The van der Waals surface area contributed by atoms with E-state index >= 15 is 0 Å². The van der Waals surface area contributed by atoms with Crippen molar-refractivity contribution in [2.24, 2.45) is 0 Å². The molecule has 0 radical (unpaired) electrons. The van der Waals surface area contributed by atoms with Crippen molar-refractivity contribution >= 4 is 0 Å². The number of nitrogens with one attached hydrogen (secondary N) is 2. The largest absolute Gasteiger partial charge is 0.468 e. The van der Waals surface area contributed by atoms with Crippen molar-refractivity contribution in [1.29, 1.82) is 0 Å². The number of aromatic nitrogens is 2. The molecule has 0 saturated carbocycles. The van der Waals surface area contributed by atoms with Crippen molar-refractivity contribution in [3.8, 4) is 0 Å². The van der Waals surface area contributed by atoms with Gasteiger partial charge in [-0.05, 0) is 32.0 Å². The highest BCUT2D eigenvalue weighted by molar-refractivity contribution is 5.07. The fourth-order valence-corrected chi connectivity index (χ4v) is 1.59. The second-order valence-corrected chi connectivity index (χ2v) is 3.64. The highest BCUT2D eigenvalue weighted by Gasteiger charge is 2.13. The standard InChI is InChI=1S/C11H15N3O/c1-8(10-5-6-12-14-10)13-9(2)11-4-3-7-15-11/h3-9,13H,1-2H3,(H,12,14)/t8?,9-/m1/s1. The predicted molar refractivity (Wildman–Crippen MR) is 57.3 cm³/mol. The zero-order chi connectivity index (χ0) is 10.7. The summed E-state index contributed by atoms with van der Waals surface area (Å²) < 4.78 is 5.33. The van der Waals surface area contributed by atoms with Crippen LogP contribution in [0, 0.1) is 0 Å². The molecule has 0 aliphatic carbocycles. The smallest absolute Gasteiger partial charge is 0.120 e. The lowest BCUT2D eigenvalue weighted by atomic mass is 10.2. The first kappa shape index (κ1) is 9.98. The van der Waals surface area contributed by atoms with Crippen molar-refractivity contribution in [2.75, 3.05) is 0 Å². The molecule has 2 aromatic rings. The van der Waals surface area contributed by atoms with Crippen LogP contribution in [0.4, 0.5) is 0 Å². The first-order valence-corrected chi connectivity index (χ1v) is 5.06. The normalized spacial score (nSPS) is 15.1. The average molecular weight is 205 g/mol. The molecule has 0 amide bonds. The van der Waals surface area contributed by atoms with E-state index in [0.29, 0.717) is 0 Å². The van der Waals surface area contributed by atoms with E-state index < -0.39 is 0 Å². The van der Waals surface area contributed by atoms with Gasteiger partial charge in [0.25, 0.3) is 0 Å². The number of H-pyrrole nitrogens is 1. The molecule has 0 spiro atoms. The highest BCUT2D eigenvalue weighted by Crippen LogP contribution is 2.17. The minimum Gasteiger partial charge on any atom is -0.468 e. The zero-order valence-corrected chi connectivity index (χ0v) is 8.90. The number of hydrogen-bond donors (Lipinski definition) is 2. The molecule has 2 N–H and O–H groups in total. The van der Waals surface area contributed by atoms with Crippen LogP contribution in [0.15, 0.2) is 35.1 Å². The van der Waals surface area contributed by atoms with Gasteiger partial charge < -0.3 is 4.42 Å². The zero-order valence-electron chi connectivity index (χ0n) is 8.90. The van der Waals surface area contributed by atoms with Crippen LogP contribution in [-0.4, -0.2) is 10.2 Å². The Kier molecular flexibility index (Phi) is 2.87. The molecule has 0 aromatic carbocycles. The monoisotopic (exact) mass is 205 g/mol.